The molecule has 21 heavy (non-hydrogen) atoms. The van der Waals surface area contributed by atoms with Crippen LogP contribution in [-0.2, 0) is 5.41 Å². The van der Waals surface area contributed by atoms with Crippen molar-refractivity contribution >= 4 is 11.6 Å². The molecule has 2 rings (SSSR count). The van der Waals surface area contributed by atoms with E-state index in [1.54, 1.807) is 0 Å². The van der Waals surface area contributed by atoms with Gasteiger partial charge < -0.3 is 10.2 Å². The minimum Gasteiger partial charge on any atom is -0.370 e. The van der Waals surface area contributed by atoms with E-state index in [0.717, 1.165) is 36.5 Å². The highest BCUT2D eigenvalue weighted by Gasteiger charge is 2.30. The van der Waals surface area contributed by atoms with Crippen LogP contribution in [0.2, 0.25) is 0 Å². The third kappa shape index (κ3) is 3.30. The molecule has 0 aromatic carbocycles. The van der Waals surface area contributed by atoms with E-state index in [1.165, 1.54) is 12.0 Å². The van der Waals surface area contributed by atoms with Crippen molar-refractivity contribution in [2.24, 2.45) is 5.92 Å². The van der Waals surface area contributed by atoms with E-state index in [1.807, 2.05) is 0 Å². The Morgan fingerprint density at radius 3 is 2.38 bits per heavy atom. The molecule has 1 N–H and O–H groups in total. The lowest BCUT2D eigenvalue weighted by atomic mass is 9.95. The van der Waals surface area contributed by atoms with Gasteiger partial charge in [-0.2, -0.15) is 0 Å². The summed E-state index contributed by atoms with van der Waals surface area (Å²) in [4.78, 5) is 12.1. The van der Waals surface area contributed by atoms with Gasteiger partial charge in [0.15, 0.2) is 0 Å². The fourth-order valence-corrected chi connectivity index (χ4v) is 3.05. The normalized spacial score (nSPS) is 22.7. The minimum atomic E-state index is -0.0405. The summed E-state index contributed by atoms with van der Waals surface area (Å²) in [5.74, 6) is 3.75. The molecule has 1 aromatic rings. The molecule has 0 aliphatic carbocycles. The Balaban J connectivity index is 2.51. The molecule has 4 nitrogen and oxygen atoms in total. The largest absolute Gasteiger partial charge is 0.370 e. The van der Waals surface area contributed by atoms with E-state index >= 15 is 0 Å². The van der Waals surface area contributed by atoms with Crippen LogP contribution in [0.15, 0.2) is 0 Å². The molecular formula is C17H30N4. The van der Waals surface area contributed by atoms with Crippen LogP contribution in [0.25, 0.3) is 0 Å². The van der Waals surface area contributed by atoms with E-state index in [2.05, 4.69) is 58.7 Å². The van der Waals surface area contributed by atoms with Gasteiger partial charge in [0.25, 0.3) is 0 Å². The molecule has 2 unspecified atom stereocenters. The smallest absolute Gasteiger partial charge is 0.138 e. The van der Waals surface area contributed by atoms with E-state index in [9.17, 15) is 0 Å². The number of anilines is 2. The molecule has 1 aliphatic rings. The van der Waals surface area contributed by atoms with Crippen LogP contribution in [0.1, 0.15) is 59.4 Å². The maximum atomic E-state index is 4.93. The quantitative estimate of drug-likeness (QED) is 0.920. The molecule has 2 atom stereocenters. The van der Waals surface area contributed by atoms with Gasteiger partial charge >= 0.3 is 0 Å². The summed E-state index contributed by atoms with van der Waals surface area (Å²) < 4.78 is 0. The summed E-state index contributed by atoms with van der Waals surface area (Å²) in [6, 6.07) is 0.552. The lowest BCUT2D eigenvalue weighted by molar-refractivity contribution is 0.543. The molecule has 0 saturated carbocycles. The van der Waals surface area contributed by atoms with Crippen molar-refractivity contribution in [2.45, 2.75) is 66.3 Å². The molecule has 1 fully saturated rings. The van der Waals surface area contributed by atoms with Crippen LogP contribution in [0.3, 0.4) is 0 Å². The third-order valence-corrected chi connectivity index (χ3v) is 4.19. The molecule has 0 bridgehead atoms. The lowest BCUT2D eigenvalue weighted by Gasteiger charge is -2.28. The van der Waals surface area contributed by atoms with Crippen LogP contribution < -0.4 is 10.2 Å². The maximum absolute atomic E-state index is 4.93. The number of hydrogen-bond acceptors (Lipinski definition) is 4. The second-order valence-corrected chi connectivity index (χ2v) is 7.47. The van der Waals surface area contributed by atoms with Crippen LogP contribution in [0, 0.1) is 12.8 Å². The average molecular weight is 290 g/mol. The Morgan fingerprint density at radius 1 is 1.24 bits per heavy atom. The Kier molecular flexibility index (Phi) is 4.45. The highest BCUT2D eigenvalue weighted by molar-refractivity contribution is 5.60. The number of nitrogens with zero attached hydrogens (tertiary/aromatic N) is 3. The second kappa shape index (κ2) is 5.82. The maximum Gasteiger partial charge on any atom is 0.138 e. The van der Waals surface area contributed by atoms with E-state index in [4.69, 9.17) is 9.97 Å². The molecule has 1 aromatic heterocycles. The van der Waals surface area contributed by atoms with Crippen LogP contribution in [-0.4, -0.2) is 29.1 Å². The first-order valence-electron chi connectivity index (χ1n) is 8.13. The van der Waals surface area contributed by atoms with Crippen LogP contribution in [0.4, 0.5) is 11.6 Å². The predicted molar refractivity (Wildman–Crippen MR) is 90.2 cm³/mol. The van der Waals surface area contributed by atoms with Crippen molar-refractivity contribution in [2.75, 3.05) is 23.3 Å². The van der Waals surface area contributed by atoms with Gasteiger partial charge in [0.1, 0.15) is 17.5 Å². The van der Waals surface area contributed by atoms with Gasteiger partial charge in [0, 0.05) is 30.1 Å². The molecule has 0 radical (unpaired) electrons. The number of aromatic nitrogens is 2. The summed E-state index contributed by atoms with van der Waals surface area (Å²) in [7, 11) is 0. The fraction of sp³-hybridized carbons (Fsp3) is 0.765. The van der Waals surface area contributed by atoms with Gasteiger partial charge in [-0.3, -0.25) is 0 Å². The van der Waals surface area contributed by atoms with Crippen molar-refractivity contribution < 1.29 is 0 Å². The lowest BCUT2D eigenvalue weighted by Crippen LogP contribution is -2.30. The van der Waals surface area contributed by atoms with Gasteiger partial charge in [0.2, 0.25) is 0 Å². The van der Waals surface area contributed by atoms with Crippen LogP contribution >= 0.6 is 0 Å². The zero-order valence-electron chi connectivity index (χ0n) is 14.6. The summed E-state index contributed by atoms with van der Waals surface area (Å²) in [6.07, 6.45) is 1.24. The first-order chi connectivity index (χ1) is 9.74. The van der Waals surface area contributed by atoms with Crippen molar-refractivity contribution in [3.63, 3.8) is 0 Å². The van der Waals surface area contributed by atoms with Gasteiger partial charge in [-0.05, 0) is 33.1 Å². The third-order valence-electron chi connectivity index (χ3n) is 4.19. The van der Waals surface area contributed by atoms with Crippen molar-refractivity contribution in [1.82, 2.24) is 9.97 Å². The Bertz CT molecular complexity index is 504. The van der Waals surface area contributed by atoms with Crippen molar-refractivity contribution in [3.05, 3.63) is 11.4 Å². The molecule has 0 spiro atoms. The first kappa shape index (κ1) is 16.1. The van der Waals surface area contributed by atoms with Gasteiger partial charge in [-0.15, -0.1) is 0 Å². The van der Waals surface area contributed by atoms with E-state index < -0.39 is 0 Å². The first-order valence-corrected chi connectivity index (χ1v) is 8.13. The Labute approximate surface area is 129 Å². The Morgan fingerprint density at radius 2 is 1.90 bits per heavy atom. The fourth-order valence-electron chi connectivity index (χ4n) is 3.05. The summed E-state index contributed by atoms with van der Waals surface area (Å²) >= 11 is 0. The average Bonchev–Trinajstić information content (AvgIpc) is 2.70. The van der Waals surface area contributed by atoms with E-state index in [0.29, 0.717) is 6.04 Å². The van der Waals surface area contributed by atoms with Gasteiger partial charge in [-0.1, -0.05) is 27.7 Å². The molecule has 0 amide bonds. The molecule has 118 valence electrons. The molecule has 1 saturated heterocycles. The molecular weight excluding hydrogens is 260 g/mol. The van der Waals surface area contributed by atoms with Crippen molar-refractivity contribution in [3.8, 4) is 0 Å². The second-order valence-electron chi connectivity index (χ2n) is 7.47. The number of nitrogens with one attached hydrogen (secondary N) is 1. The minimum absolute atomic E-state index is 0.0405. The topological polar surface area (TPSA) is 41.1 Å². The summed E-state index contributed by atoms with van der Waals surface area (Å²) in [6.45, 7) is 17.4. The monoisotopic (exact) mass is 290 g/mol. The summed E-state index contributed by atoms with van der Waals surface area (Å²) in [5, 5.41) is 3.40. The highest BCUT2D eigenvalue weighted by atomic mass is 15.2. The van der Waals surface area contributed by atoms with E-state index in [-0.39, 0.29) is 5.41 Å². The standard InChI is InChI=1S/C17H30N4/c1-8-18-14-13(4)15(20-16(19-14)17(5,6)7)21-10-11(2)9-12(21)3/h11-12H,8-10H2,1-7H3,(H,18,19,20). The molecule has 1 aliphatic heterocycles. The SMILES string of the molecule is CCNc1nc(C(C)(C)C)nc(N2CC(C)CC2C)c1C. The molecule has 4 heteroatoms. The van der Waals surface area contributed by atoms with Crippen molar-refractivity contribution in [1.29, 1.82) is 0 Å². The zero-order chi connectivity index (χ0) is 15.8. The zero-order valence-corrected chi connectivity index (χ0v) is 14.6. The predicted octanol–water partition coefficient (Wildman–Crippen LogP) is 3.75. The number of hydrogen-bond donors (Lipinski definition) is 1. The number of rotatable bonds is 3. The van der Waals surface area contributed by atoms with Gasteiger partial charge in [0.05, 0.1) is 0 Å². The highest BCUT2D eigenvalue weighted by Crippen LogP contribution is 2.33. The Hall–Kier alpha value is -1.32. The molecule has 2 heterocycles. The summed E-state index contributed by atoms with van der Waals surface area (Å²) in [5.41, 5.74) is 1.13. The van der Waals surface area contributed by atoms with Crippen LogP contribution in [0.5, 0.6) is 0 Å². The van der Waals surface area contributed by atoms with Gasteiger partial charge in [-0.25, -0.2) is 9.97 Å².